The fourth-order valence-electron chi connectivity index (χ4n) is 5.25. The van der Waals surface area contributed by atoms with E-state index in [2.05, 4.69) is 72.4 Å². The molecule has 1 atom stereocenters. The van der Waals surface area contributed by atoms with Gasteiger partial charge in [0.1, 0.15) is 28.6 Å². The van der Waals surface area contributed by atoms with Crippen molar-refractivity contribution in [1.82, 2.24) is 9.97 Å². The number of fused-ring (bicyclic) bond motifs is 2. The summed E-state index contributed by atoms with van der Waals surface area (Å²) in [7, 11) is 0. The lowest BCUT2D eigenvalue weighted by atomic mass is 10.1. The van der Waals surface area contributed by atoms with Gasteiger partial charge in [-0.05, 0) is 91.7 Å². The van der Waals surface area contributed by atoms with E-state index in [0.29, 0.717) is 51.2 Å². The first-order valence-electron chi connectivity index (χ1n) is 14.3. The summed E-state index contributed by atoms with van der Waals surface area (Å²) < 4.78 is 11.7. The Morgan fingerprint density at radius 1 is 0.766 bits per heavy atom. The fraction of sp³-hybridized carbons (Fsp3) is 0.111. The van der Waals surface area contributed by atoms with Crippen LogP contribution in [-0.2, 0) is 6.42 Å². The lowest BCUT2D eigenvalue weighted by Crippen LogP contribution is -1.99. The standard InChI is InChI=1S/C36H20N6O2S3/c1-19-9-25(13-23(17-39)35-41-27-11-21(15-37)3-5-29(27)43-35)45-33(19)31-7-8-32(47-31)34-20(2)10-26(46-34)14-24(18-40)36-42-28-12-22(16-38)4-6-30(28)44-36/h3-13,24H,14H2,1-2H3/b23-13+. The number of aryl methyl sites for hydroxylation is 2. The van der Waals surface area contributed by atoms with Gasteiger partial charge in [0.25, 0.3) is 0 Å². The minimum Gasteiger partial charge on any atom is -0.439 e. The third-order valence-electron chi connectivity index (χ3n) is 7.51. The van der Waals surface area contributed by atoms with Crippen LogP contribution in [0.1, 0.15) is 49.7 Å². The first kappa shape index (κ1) is 29.9. The topological polar surface area (TPSA) is 147 Å². The van der Waals surface area contributed by atoms with Crippen molar-refractivity contribution in [1.29, 1.82) is 21.0 Å². The number of oxazole rings is 2. The molecule has 0 spiro atoms. The van der Waals surface area contributed by atoms with Gasteiger partial charge in [-0.3, -0.25) is 0 Å². The summed E-state index contributed by atoms with van der Waals surface area (Å²) in [6.07, 6.45) is 2.25. The van der Waals surface area contributed by atoms with Gasteiger partial charge in [-0.15, -0.1) is 34.0 Å². The molecule has 0 N–H and O–H groups in total. The van der Waals surface area contributed by atoms with Crippen molar-refractivity contribution < 1.29 is 8.83 Å². The Morgan fingerprint density at radius 2 is 1.40 bits per heavy atom. The molecule has 11 heteroatoms. The van der Waals surface area contributed by atoms with Gasteiger partial charge in [0.2, 0.25) is 11.8 Å². The molecule has 7 aromatic rings. The molecular weight excluding hydrogens is 645 g/mol. The summed E-state index contributed by atoms with van der Waals surface area (Å²) >= 11 is 4.97. The van der Waals surface area contributed by atoms with Gasteiger partial charge < -0.3 is 8.83 Å². The zero-order valence-corrected chi connectivity index (χ0v) is 27.3. The van der Waals surface area contributed by atoms with Gasteiger partial charge in [-0.25, -0.2) is 9.97 Å². The Hall–Kier alpha value is -5.82. The second-order valence-electron chi connectivity index (χ2n) is 10.8. The highest BCUT2D eigenvalue weighted by atomic mass is 32.1. The summed E-state index contributed by atoms with van der Waals surface area (Å²) in [5.41, 5.74) is 5.69. The number of hydrogen-bond donors (Lipinski definition) is 0. The van der Waals surface area contributed by atoms with Crippen LogP contribution < -0.4 is 0 Å². The normalized spacial score (nSPS) is 12.1. The van der Waals surface area contributed by atoms with Crippen molar-refractivity contribution in [3.63, 3.8) is 0 Å². The molecule has 5 aromatic heterocycles. The lowest BCUT2D eigenvalue weighted by molar-refractivity contribution is 0.508. The number of allylic oxidation sites excluding steroid dienone is 1. The molecule has 0 aliphatic rings. The lowest BCUT2D eigenvalue weighted by Gasteiger charge is -2.02. The quantitative estimate of drug-likeness (QED) is 0.153. The SMILES string of the molecule is Cc1cc(/C=C(\C#N)c2nc3cc(C#N)ccc3o2)sc1-c1ccc(-c2sc(CC(C#N)c3nc4cc(C#N)ccc4o3)cc2C)s1. The highest BCUT2D eigenvalue weighted by Crippen LogP contribution is 2.44. The number of rotatable bonds is 7. The summed E-state index contributed by atoms with van der Waals surface area (Å²) in [5, 5.41) is 38.2. The average molecular weight is 665 g/mol. The van der Waals surface area contributed by atoms with E-state index < -0.39 is 5.92 Å². The molecule has 0 amide bonds. The molecule has 224 valence electrons. The maximum Gasteiger partial charge on any atom is 0.238 e. The van der Waals surface area contributed by atoms with E-state index >= 15 is 0 Å². The minimum atomic E-state index is -0.555. The molecule has 2 aromatic carbocycles. The van der Waals surface area contributed by atoms with Crippen LogP contribution in [0.5, 0.6) is 0 Å². The molecule has 47 heavy (non-hydrogen) atoms. The van der Waals surface area contributed by atoms with Crippen molar-refractivity contribution in [2.75, 3.05) is 0 Å². The smallest absolute Gasteiger partial charge is 0.238 e. The van der Waals surface area contributed by atoms with E-state index in [9.17, 15) is 21.0 Å². The third kappa shape index (κ3) is 5.72. The molecule has 5 heterocycles. The number of nitrogens with zero attached hydrogens (tertiary/aromatic N) is 6. The van der Waals surface area contributed by atoms with E-state index in [1.54, 1.807) is 76.5 Å². The van der Waals surface area contributed by atoms with Gasteiger partial charge in [-0.1, -0.05) is 0 Å². The predicted molar refractivity (Wildman–Crippen MR) is 183 cm³/mol. The van der Waals surface area contributed by atoms with Crippen molar-refractivity contribution in [2.45, 2.75) is 26.2 Å². The summed E-state index contributed by atoms with van der Waals surface area (Å²) in [6, 6.07) is 27.2. The Kier molecular flexibility index (Phi) is 7.74. The molecule has 0 saturated heterocycles. The molecule has 0 radical (unpaired) electrons. The maximum atomic E-state index is 9.97. The van der Waals surface area contributed by atoms with Crippen LogP contribution in [0.4, 0.5) is 0 Å². The molecular formula is C36H20N6O2S3. The van der Waals surface area contributed by atoms with Crippen molar-refractivity contribution in [2.24, 2.45) is 0 Å². The minimum absolute atomic E-state index is 0.218. The third-order valence-corrected chi connectivity index (χ3v) is 11.4. The monoisotopic (exact) mass is 664 g/mol. The molecule has 8 nitrogen and oxygen atoms in total. The van der Waals surface area contributed by atoms with Gasteiger partial charge in [-0.2, -0.15) is 21.0 Å². The Bertz CT molecular complexity index is 2550. The molecule has 0 fully saturated rings. The molecule has 0 aliphatic heterocycles. The van der Waals surface area contributed by atoms with Crippen molar-refractivity contribution >= 4 is 67.9 Å². The first-order valence-corrected chi connectivity index (χ1v) is 16.7. The zero-order valence-electron chi connectivity index (χ0n) is 24.9. The van der Waals surface area contributed by atoms with Crippen LogP contribution in [0.25, 0.3) is 53.4 Å². The average Bonchev–Trinajstić information content (AvgIpc) is 3.91. The summed E-state index contributed by atoms with van der Waals surface area (Å²) in [6.45, 7) is 4.14. The van der Waals surface area contributed by atoms with Crippen LogP contribution in [0.3, 0.4) is 0 Å². The second-order valence-corrected chi connectivity index (χ2v) is 14.1. The van der Waals surface area contributed by atoms with E-state index in [4.69, 9.17) is 8.83 Å². The van der Waals surface area contributed by atoms with Gasteiger partial charge in [0, 0.05) is 35.7 Å². The fourth-order valence-corrected chi connectivity index (χ4v) is 8.94. The largest absolute Gasteiger partial charge is 0.439 e. The Morgan fingerprint density at radius 3 is 2.06 bits per heavy atom. The second kappa shape index (κ2) is 12.2. The highest BCUT2D eigenvalue weighted by molar-refractivity contribution is 7.26. The number of thiophene rings is 3. The zero-order chi connectivity index (χ0) is 32.7. The van der Waals surface area contributed by atoms with Crippen LogP contribution >= 0.6 is 34.0 Å². The molecule has 7 rings (SSSR count). The number of benzene rings is 2. The van der Waals surface area contributed by atoms with E-state index in [1.165, 1.54) is 0 Å². The Balaban J connectivity index is 1.12. The molecule has 0 aliphatic carbocycles. The van der Waals surface area contributed by atoms with Gasteiger partial charge in [0.05, 0.1) is 29.3 Å². The van der Waals surface area contributed by atoms with E-state index in [1.807, 2.05) is 0 Å². The first-order chi connectivity index (χ1) is 22.8. The summed E-state index contributed by atoms with van der Waals surface area (Å²) in [5.74, 6) is 0.0157. The van der Waals surface area contributed by atoms with Crippen LogP contribution in [0, 0.1) is 59.2 Å². The number of aromatic nitrogens is 2. The summed E-state index contributed by atoms with van der Waals surface area (Å²) in [4.78, 5) is 15.5. The predicted octanol–water partition coefficient (Wildman–Crippen LogP) is 9.76. The van der Waals surface area contributed by atoms with Gasteiger partial charge >= 0.3 is 0 Å². The Labute approximate surface area is 281 Å². The van der Waals surface area contributed by atoms with Crippen LogP contribution in [0.15, 0.2) is 69.5 Å². The van der Waals surface area contributed by atoms with Crippen LogP contribution in [-0.4, -0.2) is 9.97 Å². The van der Waals surface area contributed by atoms with Crippen molar-refractivity contribution in [3.8, 4) is 43.8 Å². The highest BCUT2D eigenvalue weighted by Gasteiger charge is 2.22. The molecule has 1 unspecified atom stereocenters. The molecule has 0 bridgehead atoms. The number of nitriles is 4. The van der Waals surface area contributed by atoms with Crippen molar-refractivity contribution in [3.05, 3.63) is 104 Å². The van der Waals surface area contributed by atoms with Crippen LogP contribution in [0.2, 0.25) is 0 Å². The number of hydrogen-bond acceptors (Lipinski definition) is 11. The van der Waals surface area contributed by atoms with E-state index in [0.717, 1.165) is 40.4 Å². The van der Waals surface area contributed by atoms with Gasteiger partial charge in [0.15, 0.2) is 11.2 Å². The van der Waals surface area contributed by atoms with E-state index in [-0.39, 0.29) is 5.89 Å². The molecule has 0 saturated carbocycles. The maximum absolute atomic E-state index is 9.97.